The average Bonchev–Trinajstić information content (AvgIpc) is 2.18. The minimum Gasteiger partial charge on any atom is -0.398 e. The fourth-order valence-electron chi connectivity index (χ4n) is 1.14. The normalized spacial score (nSPS) is 10.1. The van der Waals surface area contributed by atoms with Crippen LogP contribution in [0.2, 0.25) is 0 Å². The first-order valence-electron chi connectivity index (χ1n) is 4.21. The Kier molecular flexibility index (Phi) is 4.48. The number of thioether (sulfide) groups is 1. The molecule has 14 heavy (non-hydrogen) atoms. The Labute approximate surface area is 96.4 Å². The number of anilines is 1. The maximum absolute atomic E-state index is 11.5. The van der Waals surface area contributed by atoms with Crippen molar-refractivity contribution >= 4 is 39.2 Å². The molecule has 0 saturated heterocycles. The van der Waals surface area contributed by atoms with Crippen LogP contribution in [0.4, 0.5) is 5.69 Å². The number of halogens is 1. The summed E-state index contributed by atoms with van der Waals surface area (Å²) in [4.78, 5) is 12.5. The summed E-state index contributed by atoms with van der Waals surface area (Å²) in [5.74, 6) is 0.126. The van der Waals surface area contributed by atoms with Crippen LogP contribution in [0.15, 0.2) is 23.1 Å². The number of carbonyl (C=O) groups is 1. The van der Waals surface area contributed by atoms with Crippen molar-refractivity contribution in [3.8, 4) is 0 Å². The molecule has 2 N–H and O–H groups in total. The molecule has 0 fully saturated rings. The van der Waals surface area contributed by atoms with Gasteiger partial charge < -0.3 is 5.73 Å². The summed E-state index contributed by atoms with van der Waals surface area (Å²) in [7, 11) is 0. The molecule has 0 heterocycles. The van der Waals surface area contributed by atoms with E-state index in [1.807, 2.05) is 18.4 Å². The van der Waals surface area contributed by atoms with Crippen LogP contribution in [0.5, 0.6) is 0 Å². The quantitative estimate of drug-likeness (QED) is 0.397. The van der Waals surface area contributed by atoms with Crippen molar-refractivity contribution in [3.63, 3.8) is 0 Å². The Morgan fingerprint density at radius 1 is 1.57 bits per heavy atom. The Balaban J connectivity index is 2.91. The van der Waals surface area contributed by atoms with Gasteiger partial charge in [-0.2, -0.15) is 0 Å². The number of ketones is 1. The van der Waals surface area contributed by atoms with Crippen LogP contribution >= 0.6 is 27.7 Å². The Hall–Kier alpha value is -0.480. The monoisotopic (exact) mass is 273 g/mol. The fourth-order valence-corrected chi connectivity index (χ4v) is 2.00. The smallest absolute Gasteiger partial charge is 0.163 e. The third kappa shape index (κ3) is 2.75. The van der Waals surface area contributed by atoms with Gasteiger partial charge in [-0.3, -0.25) is 4.79 Å². The maximum atomic E-state index is 11.5. The average molecular weight is 274 g/mol. The number of alkyl halides is 1. The first-order valence-corrected chi connectivity index (χ1v) is 6.56. The highest BCUT2D eigenvalue weighted by atomic mass is 79.9. The molecular weight excluding hydrogens is 262 g/mol. The van der Waals surface area contributed by atoms with Gasteiger partial charge in [0.15, 0.2) is 5.78 Å². The predicted molar refractivity (Wildman–Crippen MR) is 65.4 cm³/mol. The van der Waals surface area contributed by atoms with Crippen LogP contribution in [-0.4, -0.2) is 17.4 Å². The molecule has 0 spiro atoms. The second-order valence-electron chi connectivity index (χ2n) is 2.82. The third-order valence-corrected chi connectivity index (χ3v) is 3.08. The van der Waals surface area contributed by atoms with Gasteiger partial charge in [0, 0.05) is 27.9 Å². The van der Waals surface area contributed by atoms with Crippen LogP contribution in [0.3, 0.4) is 0 Å². The first-order chi connectivity index (χ1) is 6.69. The molecule has 0 aliphatic carbocycles. The van der Waals surface area contributed by atoms with Crippen LogP contribution in [0.1, 0.15) is 16.8 Å². The number of Topliss-reactive ketones (excluding diaryl/α,β-unsaturated/α-hetero) is 1. The molecule has 0 aliphatic heterocycles. The van der Waals surface area contributed by atoms with Crippen molar-refractivity contribution < 1.29 is 4.79 Å². The highest BCUT2D eigenvalue weighted by molar-refractivity contribution is 9.09. The van der Waals surface area contributed by atoms with E-state index in [9.17, 15) is 4.79 Å². The lowest BCUT2D eigenvalue weighted by atomic mass is 10.1. The zero-order chi connectivity index (χ0) is 10.6. The minimum atomic E-state index is 0.126. The Morgan fingerprint density at radius 2 is 2.29 bits per heavy atom. The van der Waals surface area contributed by atoms with E-state index in [1.54, 1.807) is 17.8 Å². The van der Waals surface area contributed by atoms with Crippen molar-refractivity contribution in [1.29, 1.82) is 0 Å². The SMILES string of the molecule is CSc1ccc(C(=O)CCBr)cc1N. The molecule has 0 atom stereocenters. The maximum Gasteiger partial charge on any atom is 0.163 e. The topological polar surface area (TPSA) is 43.1 Å². The molecule has 0 aliphatic rings. The van der Waals surface area contributed by atoms with Gasteiger partial charge in [0.05, 0.1) is 0 Å². The van der Waals surface area contributed by atoms with Crippen LogP contribution in [-0.2, 0) is 0 Å². The number of hydrogen-bond donors (Lipinski definition) is 1. The van der Waals surface area contributed by atoms with E-state index in [0.29, 0.717) is 23.0 Å². The van der Waals surface area contributed by atoms with E-state index in [1.165, 1.54) is 0 Å². The largest absolute Gasteiger partial charge is 0.398 e. The molecule has 1 aromatic carbocycles. The lowest BCUT2D eigenvalue weighted by molar-refractivity contribution is 0.0990. The van der Waals surface area contributed by atoms with Crippen LogP contribution < -0.4 is 5.73 Å². The molecule has 76 valence electrons. The number of nitrogens with two attached hydrogens (primary N) is 1. The number of rotatable bonds is 4. The molecule has 0 unspecified atom stereocenters. The van der Waals surface area contributed by atoms with Gasteiger partial charge in [0.1, 0.15) is 0 Å². The summed E-state index contributed by atoms with van der Waals surface area (Å²) < 4.78 is 0. The highest BCUT2D eigenvalue weighted by Crippen LogP contribution is 2.24. The fraction of sp³-hybridized carbons (Fsp3) is 0.300. The number of carbonyl (C=O) groups excluding carboxylic acids is 1. The minimum absolute atomic E-state index is 0.126. The molecule has 0 bridgehead atoms. The molecule has 0 amide bonds. The van der Waals surface area contributed by atoms with E-state index < -0.39 is 0 Å². The van der Waals surface area contributed by atoms with Gasteiger partial charge >= 0.3 is 0 Å². The summed E-state index contributed by atoms with van der Waals surface area (Å²) in [5, 5.41) is 0.690. The Morgan fingerprint density at radius 3 is 2.79 bits per heavy atom. The number of hydrogen-bond acceptors (Lipinski definition) is 3. The zero-order valence-electron chi connectivity index (χ0n) is 7.92. The summed E-state index contributed by atoms with van der Waals surface area (Å²) in [6, 6.07) is 5.46. The second kappa shape index (κ2) is 5.41. The number of nitrogen functional groups attached to an aromatic ring is 1. The third-order valence-electron chi connectivity index (χ3n) is 1.87. The molecule has 0 saturated carbocycles. The zero-order valence-corrected chi connectivity index (χ0v) is 10.3. The lowest BCUT2D eigenvalue weighted by Crippen LogP contribution is -2.01. The summed E-state index contributed by atoms with van der Waals surface area (Å²) in [6.45, 7) is 0. The van der Waals surface area contributed by atoms with E-state index in [4.69, 9.17) is 5.73 Å². The van der Waals surface area contributed by atoms with Gasteiger partial charge in [-0.1, -0.05) is 22.0 Å². The number of benzene rings is 1. The van der Waals surface area contributed by atoms with E-state index >= 15 is 0 Å². The molecular formula is C10H12BrNOS. The van der Waals surface area contributed by atoms with E-state index in [2.05, 4.69) is 15.9 Å². The molecule has 0 aromatic heterocycles. The van der Waals surface area contributed by atoms with E-state index in [0.717, 1.165) is 4.90 Å². The summed E-state index contributed by atoms with van der Waals surface area (Å²) >= 11 is 4.82. The predicted octanol–water partition coefficient (Wildman–Crippen LogP) is 2.96. The van der Waals surface area contributed by atoms with Crippen molar-refractivity contribution in [2.45, 2.75) is 11.3 Å². The van der Waals surface area contributed by atoms with Gasteiger partial charge in [0.25, 0.3) is 0 Å². The molecule has 4 heteroatoms. The standard InChI is InChI=1S/C10H12BrNOS/c1-14-10-3-2-7(6-8(10)12)9(13)4-5-11/h2-3,6H,4-5,12H2,1H3. The van der Waals surface area contributed by atoms with Crippen molar-refractivity contribution in [1.82, 2.24) is 0 Å². The molecule has 0 radical (unpaired) electrons. The molecule has 1 aromatic rings. The van der Waals surface area contributed by atoms with Gasteiger partial charge in [-0.05, 0) is 18.4 Å². The van der Waals surface area contributed by atoms with Crippen LogP contribution in [0, 0.1) is 0 Å². The van der Waals surface area contributed by atoms with Crippen molar-refractivity contribution in [2.75, 3.05) is 17.3 Å². The van der Waals surface area contributed by atoms with Crippen LogP contribution in [0.25, 0.3) is 0 Å². The Bertz CT molecular complexity index is 341. The van der Waals surface area contributed by atoms with Crippen molar-refractivity contribution in [3.05, 3.63) is 23.8 Å². The summed E-state index contributed by atoms with van der Waals surface area (Å²) in [6.07, 6.45) is 2.48. The summed E-state index contributed by atoms with van der Waals surface area (Å²) in [5.41, 5.74) is 7.15. The molecule has 2 nitrogen and oxygen atoms in total. The van der Waals surface area contributed by atoms with Gasteiger partial charge in [-0.25, -0.2) is 0 Å². The van der Waals surface area contributed by atoms with Gasteiger partial charge in [0.2, 0.25) is 0 Å². The van der Waals surface area contributed by atoms with E-state index in [-0.39, 0.29) is 5.78 Å². The first kappa shape index (κ1) is 11.6. The van der Waals surface area contributed by atoms with Crippen molar-refractivity contribution in [2.24, 2.45) is 0 Å². The molecule has 1 rings (SSSR count). The second-order valence-corrected chi connectivity index (χ2v) is 4.46. The highest BCUT2D eigenvalue weighted by Gasteiger charge is 2.06. The van der Waals surface area contributed by atoms with Gasteiger partial charge in [-0.15, -0.1) is 11.8 Å². The lowest BCUT2D eigenvalue weighted by Gasteiger charge is -2.04.